The number of benzene rings is 1. The summed E-state index contributed by atoms with van der Waals surface area (Å²) in [7, 11) is 0. The average molecular weight is 297 g/mol. The molecule has 112 valence electrons. The molecular formula is C16H25ClN2O. The minimum absolute atomic E-state index is 0. The zero-order chi connectivity index (χ0) is 13.8. The van der Waals surface area contributed by atoms with Crippen molar-refractivity contribution in [1.29, 1.82) is 0 Å². The normalized spacial score (nSPS) is 15.9. The van der Waals surface area contributed by atoms with E-state index in [0.717, 1.165) is 26.1 Å². The van der Waals surface area contributed by atoms with Crippen LogP contribution in [0.1, 0.15) is 23.6 Å². The van der Waals surface area contributed by atoms with Crippen molar-refractivity contribution in [2.24, 2.45) is 11.8 Å². The van der Waals surface area contributed by atoms with Crippen LogP contribution in [0.2, 0.25) is 0 Å². The molecule has 2 N–H and O–H groups in total. The summed E-state index contributed by atoms with van der Waals surface area (Å²) in [4.78, 5) is 12.0. The lowest BCUT2D eigenvalue weighted by atomic mass is 9.88. The molecule has 1 aliphatic rings. The molecule has 1 atom stereocenters. The van der Waals surface area contributed by atoms with Crippen molar-refractivity contribution in [2.45, 2.75) is 27.2 Å². The van der Waals surface area contributed by atoms with E-state index in [1.165, 1.54) is 16.7 Å². The highest BCUT2D eigenvalue weighted by molar-refractivity contribution is 5.85. The van der Waals surface area contributed by atoms with E-state index in [1.807, 2.05) is 6.92 Å². The highest BCUT2D eigenvalue weighted by Crippen LogP contribution is 2.15. The second-order valence-electron chi connectivity index (χ2n) is 5.74. The third-order valence-electron chi connectivity index (χ3n) is 3.93. The SMILES string of the molecule is Cc1cc(C)cc(CCNC(=O)C(C)C2CNC2)c1.Cl. The number of aryl methyl sites for hydroxylation is 2. The minimum Gasteiger partial charge on any atom is -0.356 e. The van der Waals surface area contributed by atoms with Crippen LogP contribution in [0.15, 0.2) is 18.2 Å². The molecule has 1 fully saturated rings. The molecule has 1 aliphatic heterocycles. The molecule has 20 heavy (non-hydrogen) atoms. The van der Waals surface area contributed by atoms with Gasteiger partial charge < -0.3 is 10.6 Å². The van der Waals surface area contributed by atoms with Gasteiger partial charge in [0.15, 0.2) is 0 Å². The van der Waals surface area contributed by atoms with Gasteiger partial charge in [-0.3, -0.25) is 4.79 Å². The van der Waals surface area contributed by atoms with Crippen LogP contribution in [0.4, 0.5) is 0 Å². The maximum atomic E-state index is 12.0. The zero-order valence-electron chi connectivity index (χ0n) is 12.5. The molecule has 4 heteroatoms. The second-order valence-corrected chi connectivity index (χ2v) is 5.74. The minimum atomic E-state index is 0. The largest absolute Gasteiger partial charge is 0.356 e. The summed E-state index contributed by atoms with van der Waals surface area (Å²) >= 11 is 0. The first-order chi connectivity index (χ1) is 9.06. The number of carbonyl (C=O) groups is 1. The Morgan fingerprint density at radius 3 is 2.40 bits per heavy atom. The number of halogens is 1. The van der Waals surface area contributed by atoms with Crippen molar-refractivity contribution in [3.63, 3.8) is 0 Å². The first kappa shape index (κ1) is 17.0. The van der Waals surface area contributed by atoms with Crippen molar-refractivity contribution in [1.82, 2.24) is 10.6 Å². The molecule has 0 saturated carbocycles. The summed E-state index contributed by atoms with van der Waals surface area (Å²) in [6, 6.07) is 6.56. The maximum Gasteiger partial charge on any atom is 0.223 e. The van der Waals surface area contributed by atoms with E-state index in [9.17, 15) is 4.79 Å². The van der Waals surface area contributed by atoms with Gasteiger partial charge in [-0.1, -0.05) is 36.2 Å². The van der Waals surface area contributed by atoms with E-state index in [0.29, 0.717) is 5.92 Å². The van der Waals surface area contributed by atoms with Gasteiger partial charge in [-0.25, -0.2) is 0 Å². The smallest absolute Gasteiger partial charge is 0.223 e. The van der Waals surface area contributed by atoms with Crippen molar-refractivity contribution >= 4 is 18.3 Å². The number of hydrogen-bond donors (Lipinski definition) is 2. The molecule has 1 aromatic rings. The Morgan fingerprint density at radius 2 is 1.90 bits per heavy atom. The fraction of sp³-hybridized carbons (Fsp3) is 0.562. The number of carbonyl (C=O) groups excluding carboxylic acids is 1. The zero-order valence-corrected chi connectivity index (χ0v) is 13.3. The van der Waals surface area contributed by atoms with Gasteiger partial charge in [-0.05, 0) is 44.8 Å². The molecule has 1 amide bonds. The lowest BCUT2D eigenvalue weighted by molar-refractivity contribution is -0.126. The summed E-state index contributed by atoms with van der Waals surface area (Å²) in [5.41, 5.74) is 3.88. The van der Waals surface area contributed by atoms with Gasteiger partial charge in [-0.2, -0.15) is 0 Å². The van der Waals surface area contributed by atoms with Gasteiger partial charge in [0, 0.05) is 12.5 Å². The third-order valence-corrected chi connectivity index (χ3v) is 3.93. The van der Waals surface area contributed by atoms with Crippen molar-refractivity contribution in [2.75, 3.05) is 19.6 Å². The fourth-order valence-electron chi connectivity index (χ4n) is 2.58. The molecular weight excluding hydrogens is 272 g/mol. The number of nitrogens with one attached hydrogen (secondary N) is 2. The van der Waals surface area contributed by atoms with Crippen LogP contribution in [-0.2, 0) is 11.2 Å². The predicted octanol–water partition coefficient (Wildman–Crippen LogP) is 2.24. The molecule has 1 aromatic carbocycles. The van der Waals surface area contributed by atoms with Crippen LogP contribution in [0.25, 0.3) is 0 Å². The molecule has 3 nitrogen and oxygen atoms in total. The number of rotatable bonds is 5. The van der Waals surface area contributed by atoms with Gasteiger partial charge in [0.25, 0.3) is 0 Å². The molecule has 1 unspecified atom stereocenters. The van der Waals surface area contributed by atoms with Gasteiger partial charge >= 0.3 is 0 Å². The predicted molar refractivity (Wildman–Crippen MR) is 85.4 cm³/mol. The molecule has 2 rings (SSSR count). The van der Waals surface area contributed by atoms with Gasteiger partial charge in [0.05, 0.1) is 0 Å². The molecule has 0 aliphatic carbocycles. The highest BCUT2D eigenvalue weighted by Gasteiger charge is 2.28. The Labute approximate surface area is 127 Å². The fourth-order valence-corrected chi connectivity index (χ4v) is 2.58. The summed E-state index contributed by atoms with van der Waals surface area (Å²) in [6.07, 6.45) is 0.907. The van der Waals surface area contributed by atoms with Crippen molar-refractivity contribution in [3.8, 4) is 0 Å². The third kappa shape index (κ3) is 4.50. The van der Waals surface area contributed by atoms with Gasteiger partial charge in [0.2, 0.25) is 5.91 Å². The van der Waals surface area contributed by atoms with E-state index in [4.69, 9.17) is 0 Å². The Morgan fingerprint density at radius 1 is 1.30 bits per heavy atom. The lowest BCUT2D eigenvalue weighted by Crippen LogP contribution is -2.49. The van der Waals surface area contributed by atoms with E-state index in [-0.39, 0.29) is 24.2 Å². The average Bonchev–Trinajstić information content (AvgIpc) is 2.25. The van der Waals surface area contributed by atoms with Crippen LogP contribution in [0, 0.1) is 25.7 Å². The molecule has 0 spiro atoms. The summed E-state index contributed by atoms with van der Waals surface area (Å²) in [5.74, 6) is 0.831. The quantitative estimate of drug-likeness (QED) is 0.875. The highest BCUT2D eigenvalue weighted by atomic mass is 35.5. The summed E-state index contributed by atoms with van der Waals surface area (Å²) in [6.45, 7) is 8.93. The summed E-state index contributed by atoms with van der Waals surface area (Å²) < 4.78 is 0. The standard InChI is InChI=1S/C16H24N2O.ClH/c1-11-6-12(2)8-14(7-11)4-5-18-16(19)13(3)15-9-17-10-15;/h6-8,13,15,17H,4-5,9-10H2,1-3H3,(H,18,19);1H. The Balaban J connectivity index is 0.00000200. The van der Waals surface area contributed by atoms with Crippen LogP contribution in [0.5, 0.6) is 0 Å². The first-order valence-electron chi connectivity index (χ1n) is 7.12. The Kier molecular flexibility index (Phi) is 6.50. The van der Waals surface area contributed by atoms with Crippen molar-refractivity contribution < 1.29 is 4.79 Å². The van der Waals surface area contributed by atoms with Crippen LogP contribution < -0.4 is 10.6 Å². The Hall–Kier alpha value is -1.06. The second kappa shape index (κ2) is 7.65. The van der Waals surface area contributed by atoms with E-state index >= 15 is 0 Å². The number of amides is 1. The lowest BCUT2D eigenvalue weighted by Gasteiger charge is -2.31. The van der Waals surface area contributed by atoms with E-state index in [2.05, 4.69) is 42.7 Å². The summed E-state index contributed by atoms with van der Waals surface area (Å²) in [5, 5.41) is 6.26. The topological polar surface area (TPSA) is 41.1 Å². The van der Waals surface area contributed by atoms with Crippen LogP contribution >= 0.6 is 12.4 Å². The van der Waals surface area contributed by atoms with E-state index < -0.39 is 0 Å². The van der Waals surface area contributed by atoms with Crippen LogP contribution in [0.3, 0.4) is 0 Å². The maximum absolute atomic E-state index is 12.0. The molecule has 0 radical (unpaired) electrons. The first-order valence-corrected chi connectivity index (χ1v) is 7.12. The number of hydrogen-bond acceptors (Lipinski definition) is 2. The van der Waals surface area contributed by atoms with E-state index in [1.54, 1.807) is 0 Å². The van der Waals surface area contributed by atoms with Crippen LogP contribution in [-0.4, -0.2) is 25.5 Å². The monoisotopic (exact) mass is 296 g/mol. The molecule has 0 bridgehead atoms. The Bertz CT molecular complexity index is 438. The molecule has 1 saturated heterocycles. The molecule has 0 aromatic heterocycles. The molecule has 1 heterocycles. The van der Waals surface area contributed by atoms with Gasteiger partial charge in [0.1, 0.15) is 0 Å². The van der Waals surface area contributed by atoms with Crippen molar-refractivity contribution in [3.05, 3.63) is 34.9 Å². The van der Waals surface area contributed by atoms with Gasteiger partial charge in [-0.15, -0.1) is 12.4 Å².